The van der Waals surface area contributed by atoms with E-state index in [9.17, 15) is 18.0 Å². The predicted molar refractivity (Wildman–Crippen MR) is 106 cm³/mol. The monoisotopic (exact) mass is 418 g/mol. The van der Waals surface area contributed by atoms with Gasteiger partial charge in [-0.05, 0) is 38.1 Å². The van der Waals surface area contributed by atoms with Gasteiger partial charge in [-0.3, -0.25) is 14.4 Å². The van der Waals surface area contributed by atoms with Crippen molar-refractivity contribution < 1.29 is 18.0 Å². The molecule has 0 aromatic carbocycles. The van der Waals surface area contributed by atoms with Gasteiger partial charge in [0.2, 0.25) is 5.91 Å². The number of alkyl halides is 3. The van der Waals surface area contributed by atoms with Crippen LogP contribution in [0.4, 0.5) is 19.0 Å². The zero-order chi connectivity index (χ0) is 21.3. The molecule has 10 heteroatoms. The van der Waals surface area contributed by atoms with E-state index in [-0.39, 0.29) is 38.4 Å². The number of nitrogens with one attached hydrogen (secondary N) is 1. The summed E-state index contributed by atoms with van der Waals surface area (Å²) >= 11 is 0. The lowest BCUT2D eigenvalue weighted by Crippen LogP contribution is -2.42. The summed E-state index contributed by atoms with van der Waals surface area (Å²) in [5.74, 6) is -1.23. The maximum absolute atomic E-state index is 12.8. The van der Waals surface area contributed by atoms with Crippen LogP contribution in [-0.2, 0) is 11.8 Å². The minimum atomic E-state index is -4.16. The van der Waals surface area contributed by atoms with Gasteiger partial charge in [-0.25, -0.2) is 9.97 Å². The summed E-state index contributed by atoms with van der Waals surface area (Å²) in [7, 11) is 1.83. The number of fused-ring (bicyclic) bond motifs is 1. The third kappa shape index (κ3) is 4.59. The Morgan fingerprint density at radius 3 is 2.67 bits per heavy atom. The summed E-state index contributed by atoms with van der Waals surface area (Å²) in [4.78, 5) is 22.9. The van der Waals surface area contributed by atoms with E-state index in [4.69, 9.17) is 0 Å². The molecule has 30 heavy (non-hydrogen) atoms. The van der Waals surface area contributed by atoms with Crippen molar-refractivity contribution in [1.82, 2.24) is 24.6 Å². The van der Waals surface area contributed by atoms with E-state index < -0.39 is 12.1 Å². The largest absolute Gasteiger partial charge is 0.391 e. The van der Waals surface area contributed by atoms with Crippen molar-refractivity contribution in [2.24, 2.45) is 13.0 Å². The molecular formula is C20H21F3N6O. The van der Waals surface area contributed by atoms with Gasteiger partial charge in [-0.2, -0.15) is 18.3 Å². The Labute approximate surface area is 170 Å². The number of hydrogen-bond acceptors (Lipinski definition) is 5. The number of rotatable bonds is 4. The molecule has 0 saturated carbocycles. The van der Waals surface area contributed by atoms with Gasteiger partial charge in [-0.15, -0.1) is 0 Å². The Hall–Kier alpha value is -3.01. The van der Waals surface area contributed by atoms with E-state index >= 15 is 0 Å². The predicted octanol–water partition coefficient (Wildman–Crippen LogP) is 3.24. The molecule has 158 valence electrons. The number of carbonyl (C=O) groups is 1. The van der Waals surface area contributed by atoms with Crippen molar-refractivity contribution >= 4 is 22.6 Å². The molecule has 1 N–H and O–H groups in total. The number of amides is 1. The van der Waals surface area contributed by atoms with Crippen LogP contribution in [0.5, 0.6) is 0 Å². The number of aromatic nitrogens is 4. The Bertz CT molecular complexity index is 1060. The molecule has 4 rings (SSSR count). The SMILES string of the molecule is Cn1cc(-c2ccc3cnc(NC(=O)CN4CCC(C(F)(F)F)CC4)cc3n2)cn1. The average molecular weight is 418 g/mol. The van der Waals surface area contributed by atoms with Crippen molar-refractivity contribution in [2.45, 2.75) is 19.0 Å². The number of nitrogens with zero attached hydrogens (tertiary/aromatic N) is 5. The van der Waals surface area contributed by atoms with Crippen LogP contribution < -0.4 is 5.32 Å². The Morgan fingerprint density at radius 2 is 2.00 bits per heavy atom. The second-order valence-corrected chi connectivity index (χ2v) is 7.50. The van der Waals surface area contributed by atoms with Crippen molar-refractivity contribution in [3.05, 3.63) is 36.8 Å². The highest BCUT2D eigenvalue weighted by Crippen LogP contribution is 2.34. The van der Waals surface area contributed by atoms with Crippen molar-refractivity contribution in [3.8, 4) is 11.3 Å². The summed E-state index contributed by atoms with van der Waals surface area (Å²) in [6.45, 7) is 0.533. The van der Waals surface area contributed by atoms with Crippen molar-refractivity contribution in [1.29, 1.82) is 0 Å². The molecule has 3 aromatic heterocycles. The Kier molecular flexibility index (Phi) is 5.42. The minimum absolute atomic E-state index is 0.0199. The number of likely N-dealkylation sites (tertiary alicyclic amines) is 1. The molecule has 1 aliphatic heterocycles. The molecule has 1 amide bonds. The van der Waals surface area contributed by atoms with Crippen LogP contribution in [0.1, 0.15) is 12.8 Å². The van der Waals surface area contributed by atoms with Crippen LogP contribution in [-0.4, -0.2) is 56.4 Å². The zero-order valence-electron chi connectivity index (χ0n) is 16.4. The summed E-state index contributed by atoms with van der Waals surface area (Å²) in [5, 5.41) is 7.69. The highest BCUT2D eigenvalue weighted by Gasteiger charge is 2.41. The third-order valence-corrected chi connectivity index (χ3v) is 5.26. The van der Waals surface area contributed by atoms with Crippen LogP contribution in [0.25, 0.3) is 22.2 Å². The van der Waals surface area contributed by atoms with E-state index in [2.05, 4.69) is 20.4 Å². The Morgan fingerprint density at radius 1 is 1.23 bits per heavy atom. The third-order valence-electron chi connectivity index (χ3n) is 5.26. The van der Waals surface area contributed by atoms with Crippen molar-refractivity contribution in [3.63, 3.8) is 0 Å². The number of pyridine rings is 2. The van der Waals surface area contributed by atoms with Gasteiger partial charge in [0.05, 0.1) is 29.9 Å². The van der Waals surface area contributed by atoms with Crippen LogP contribution in [0.15, 0.2) is 36.8 Å². The first-order valence-corrected chi connectivity index (χ1v) is 9.63. The molecule has 3 aromatic rings. The smallest absolute Gasteiger partial charge is 0.310 e. The van der Waals surface area contributed by atoms with Gasteiger partial charge < -0.3 is 5.32 Å². The lowest BCUT2D eigenvalue weighted by atomic mass is 9.96. The number of anilines is 1. The molecule has 1 fully saturated rings. The maximum Gasteiger partial charge on any atom is 0.391 e. The normalized spacial score (nSPS) is 16.1. The fourth-order valence-corrected chi connectivity index (χ4v) is 3.60. The van der Waals surface area contributed by atoms with Crippen LogP contribution in [0.3, 0.4) is 0 Å². The summed E-state index contributed by atoms with van der Waals surface area (Å²) in [6, 6.07) is 5.46. The van der Waals surface area contributed by atoms with Gasteiger partial charge in [0.25, 0.3) is 0 Å². The fourth-order valence-electron chi connectivity index (χ4n) is 3.60. The number of piperidine rings is 1. The number of hydrogen-bond donors (Lipinski definition) is 1. The van der Waals surface area contributed by atoms with E-state index in [1.807, 2.05) is 25.4 Å². The van der Waals surface area contributed by atoms with Crippen molar-refractivity contribution in [2.75, 3.05) is 25.0 Å². The zero-order valence-corrected chi connectivity index (χ0v) is 16.4. The Balaban J connectivity index is 1.40. The number of aryl methyl sites for hydroxylation is 1. The fraction of sp³-hybridized carbons (Fsp3) is 0.400. The molecule has 1 aliphatic rings. The molecule has 1 saturated heterocycles. The van der Waals surface area contributed by atoms with Gasteiger partial charge in [0.15, 0.2) is 0 Å². The molecule has 0 atom stereocenters. The van der Waals surface area contributed by atoms with Gasteiger partial charge in [0, 0.05) is 36.5 Å². The lowest BCUT2D eigenvalue weighted by molar-refractivity contribution is -0.184. The summed E-state index contributed by atoms with van der Waals surface area (Å²) in [5.41, 5.74) is 2.31. The molecule has 4 heterocycles. The highest BCUT2D eigenvalue weighted by atomic mass is 19.4. The van der Waals surface area contributed by atoms with E-state index in [1.54, 1.807) is 28.0 Å². The quantitative estimate of drug-likeness (QED) is 0.704. The molecule has 0 bridgehead atoms. The minimum Gasteiger partial charge on any atom is -0.310 e. The number of halogens is 3. The number of carbonyl (C=O) groups excluding carboxylic acids is 1. The van der Waals surface area contributed by atoms with Crippen LogP contribution >= 0.6 is 0 Å². The highest BCUT2D eigenvalue weighted by molar-refractivity contribution is 5.93. The first-order chi connectivity index (χ1) is 14.3. The lowest BCUT2D eigenvalue weighted by Gasteiger charge is -2.32. The summed E-state index contributed by atoms with van der Waals surface area (Å²) < 4.78 is 40.0. The summed E-state index contributed by atoms with van der Waals surface area (Å²) in [6.07, 6.45) is 1.09. The molecule has 0 radical (unpaired) electrons. The topological polar surface area (TPSA) is 75.9 Å². The molecular weight excluding hydrogens is 397 g/mol. The van der Waals surface area contributed by atoms with E-state index in [1.165, 1.54) is 0 Å². The first kappa shape index (κ1) is 20.3. The second-order valence-electron chi connectivity index (χ2n) is 7.50. The van der Waals surface area contributed by atoms with E-state index in [0.29, 0.717) is 11.3 Å². The van der Waals surface area contributed by atoms with Gasteiger partial charge in [0.1, 0.15) is 5.82 Å². The molecule has 0 spiro atoms. The van der Waals surface area contributed by atoms with Crippen LogP contribution in [0.2, 0.25) is 0 Å². The molecule has 7 nitrogen and oxygen atoms in total. The van der Waals surface area contributed by atoms with Gasteiger partial charge >= 0.3 is 6.18 Å². The average Bonchev–Trinajstić information content (AvgIpc) is 3.13. The van der Waals surface area contributed by atoms with Gasteiger partial charge in [-0.1, -0.05) is 0 Å². The second kappa shape index (κ2) is 8.02. The molecule has 0 aliphatic carbocycles. The standard InChI is InChI=1S/C20H21F3N6O/c1-28-11-14(10-25-28)16-3-2-13-9-24-18(8-17(13)26-16)27-19(30)12-29-6-4-15(5-7-29)20(21,22)23/h2-3,8-11,15H,4-7,12H2,1H3,(H,24,27,30). The van der Waals surface area contributed by atoms with Crippen LogP contribution in [0, 0.1) is 5.92 Å². The van der Waals surface area contributed by atoms with E-state index in [0.717, 1.165) is 16.6 Å². The maximum atomic E-state index is 12.8. The molecule has 0 unspecified atom stereocenters. The first-order valence-electron chi connectivity index (χ1n) is 9.63.